The van der Waals surface area contributed by atoms with E-state index in [1.54, 1.807) is 12.5 Å². The first-order chi connectivity index (χ1) is 9.79. The molecule has 0 fully saturated rings. The van der Waals surface area contributed by atoms with E-state index in [0.29, 0.717) is 24.5 Å². The van der Waals surface area contributed by atoms with Gasteiger partial charge in [0.05, 0.1) is 30.7 Å². The van der Waals surface area contributed by atoms with Crippen molar-refractivity contribution in [1.82, 2.24) is 10.6 Å². The van der Waals surface area contributed by atoms with Crippen LogP contribution < -0.4 is 15.4 Å². The average molecular weight is 272 g/mol. The highest BCUT2D eigenvalue weighted by Crippen LogP contribution is 2.28. The van der Waals surface area contributed by atoms with Gasteiger partial charge in [-0.25, -0.2) is 0 Å². The molecule has 0 radical (unpaired) electrons. The second kappa shape index (κ2) is 5.38. The number of ether oxygens (including phenoxy) is 1. The standard InChI is InChI=1S/C15H16N2O3/c1-16-14(11-4-6-19-9-11)10-2-3-13-12(8-10)15(18)17-5-7-20-13/h2-4,6,8-9,14,16H,5,7H2,1H3,(H,17,18). The van der Waals surface area contributed by atoms with E-state index in [1.165, 1.54) is 0 Å². The summed E-state index contributed by atoms with van der Waals surface area (Å²) in [5.41, 5.74) is 2.58. The Kier molecular flexibility index (Phi) is 3.43. The van der Waals surface area contributed by atoms with Crippen molar-refractivity contribution in [2.45, 2.75) is 6.04 Å². The predicted octanol–water partition coefficient (Wildman–Crippen LogP) is 1.71. The van der Waals surface area contributed by atoms with Gasteiger partial charge >= 0.3 is 0 Å². The van der Waals surface area contributed by atoms with Gasteiger partial charge in [0, 0.05) is 5.56 Å². The molecule has 1 aromatic heterocycles. The Morgan fingerprint density at radius 1 is 1.30 bits per heavy atom. The second-order valence-corrected chi connectivity index (χ2v) is 4.64. The minimum Gasteiger partial charge on any atom is -0.491 e. The van der Waals surface area contributed by atoms with Crippen LogP contribution in [0.2, 0.25) is 0 Å². The highest BCUT2D eigenvalue weighted by Gasteiger charge is 2.20. The molecular formula is C15H16N2O3. The highest BCUT2D eigenvalue weighted by atomic mass is 16.5. The summed E-state index contributed by atoms with van der Waals surface area (Å²) >= 11 is 0. The summed E-state index contributed by atoms with van der Waals surface area (Å²) in [6.07, 6.45) is 3.34. The van der Waals surface area contributed by atoms with E-state index >= 15 is 0 Å². The number of hydrogen-bond donors (Lipinski definition) is 2. The van der Waals surface area contributed by atoms with Crippen LogP contribution in [0.4, 0.5) is 0 Å². The van der Waals surface area contributed by atoms with Gasteiger partial charge in [-0.3, -0.25) is 4.79 Å². The van der Waals surface area contributed by atoms with Crippen LogP contribution in [0.3, 0.4) is 0 Å². The van der Waals surface area contributed by atoms with Crippen LogP contribution in [0, 0.1) is 0 Å². The van der Waals surface area contributed by atoms with Crippen LogP contribution in [0.15, 0.2) is 41.2 Å². The number of carbonyl (C=O) groups is 1. The topological polar surface area (TPSA) is 63.5 Å². The van der Waals surface area contributed by atoms with Gasteiger partial charge in [0.25, 0.3) is 5.91 Å². The maximum Gasteiger partial charge on any atom is 0.255 e. The molecule has 5 heteroatoms. The van der Waals surface area contributed by atoms with Crippen molar-refractivity contribution in [3.63, 3.8) is 0 Å². The van der Waals surface area contributed by atoms with Crippen molar-refractivity contribution in [2.75, 3.05) is 20.2 Å². The van der Waals surface area contributed by atoms with E-state index in [-0.39, 0.29) is 11.9 Å². The monoisotopic (exact) mass is 272 g/mol. The Labute approximate surface area is 116 Å². The van der Waals surface area contributed by atoms with E-state index in [4.69, 9.17) is 9.15 Å². The maximum absolute atomic E-state index is 12.0. The summed E-state index contributed by atoms with van der Waals surface area (Å²) in [6, 6.07) is 7.56. The lowest BCUT2D eigenvalue weighted by molar-refractivity contribution is 0.0957. The van der Waals surface area contributed by atoms with Gasteiger partial charge in [-0.1, -0.05) is 6.07 Å². The first kappa shape index (κ1) is 12.7. The highest BCUT2D eigenvalue weighted by molar-refractivity contribution is 5.97. The second-order valence-electron chi connectivity index (χ2n) is 4.64. The Balaban J connectivity index is 2.00. The van der Waals surface area contributed by atoms with Gasteiger partial charge in [0.15, 0.2) is 0 Å². The van der Waals surface area contributed by atoms with E-state index < -0.39 is 0 Å². The molecule has 0 spiro atoms. The minimum atomic E-state index is -0.0959. The molecule has 2 aromatic rings. The molecule has 1 unspecified atom stereocenters. The third kappa shape index (κ3) is 2.28. The first-order valence-electron chi connectivity index (χ1n) is 6.54. The number of amides is 1. The molecule has 0 aliphatic carbocycles. The van der Waals surface area contributed by atoms with Crippen LogP contribution in [-0.2, 0) is 0 Å². The summed E-state index contributed by atoms with van der Waals surface area (Å²) in [7, 11) is 1.87. The molecule has 2 heterocycles. The lowest BCUT2D eigenvalue weighted by Crippen LogP contribution is -2.24. The van der Waals surface area contributed by atoms with Crippen molar-refractivity contribution < 1.29 is 13.9 Å². The molecule has 1 amide bonds. The minimum absolute atomic E-state index is 0.0184. The van der Waals surface area contributed by atoms with Crippen molar-refractivity contribution in [3.8, 4) is 5.75 Å². The first-order valence-corrected chi connectivity index (χ1v) is 6.54. The summed E-state index contributed by atoms with van der Waals surface area (Å²) in [6.45, 7) is 1.02. The number of fused-ring (bicyclic) bond motifs is 1. The van der Waals surface area contributed by atoms with Crippen LogP contribution in [0.25, 0.3) is 0 Å². The van der Waals surface area contributed by atoms with E-state index in [2.05, 4.69) is 10.6 Å². The third-order valence-corrected chi connectivity index (χ3v) is 3.39. The molecule has 3 rings (SSSR count). The fourth-order valence-corrected chi connectivity index (χ4v) is 2.42. The molecule has 1 atom stereocenters. The van der Waals surface area contributed by atoms with Crippen LogP contribution in [-0.4, -0.2) is 26.1 Å². The van der Waals surface area contributed by atoms with Gasteiger partial charge in [-0.05, 0) is 30.8 Å². The van der Waals surface area contributed by atoms with Crippen molar-refractivity contribution >= 4 is 5.91 Å². The molecule has 2 N–H and O–H groups in total. The largest absolute Gasteiger partial charge is 0.491 e. The van der Waals surface area contributed by atoms with Crippen molar-refractivity contribution in [1.29, 1.82) is 0 Å². The number of furan rings is 1. The third-order valence-electron chi connectivity index (χ3n) is 3.39. The lowest BCUT2D eigenvalue weighted by Gasteiger charge is -2.16. The fourth-order valence-electron chi connectivity index (χ4n) is 2.42. The van der Waals surface area contributed by atoms with Gasteiger partial charge in [0.1, 0.15) is 12.4 Å². The smallest absolute Gasteiger partial charge is 0.255 e. The quantitative estimate of drug-likeness (QED) is 0.893. The molecule has 0 bridgehead atoms. The van der Waals surface area contributed by atoms with E-state index in [0.717, 1.165) is 11.1 Å². The number of hydrogen-bond acceptors (Lipinski definition) is 4. The molecule has 1 aliphatic heterocycles. The van der Waals surface area contributed by atoms with Crippen LogP contribution in [0.5, 0.6) is 5.75 Å². The van der Waals surface area contributed by atoms with Crippen LogP contribution >= 0.6 is 0 Å². The predicted molar refractivity (Wildman–Crippen MR) is 73.9 cm³/mol. The normalized spacial score (nSPS) is 15.8. The summed E-state index contributed by atoms with van der Waals surface area (Å²) in [5.74, 6) is 0.534. The zero-order chi connectivity index (χ0) is 13.9. The Morgan fingerprint density at radius 3 is 2.95 bits per heavy atom. The molecule has 1 aliphatic rings. The Bertz CT molecular complexity index is 608. The van der Waals surface area contributed by atoms with Crippen molar-refractivity contribution in [3.05, 3.63) is 53.5 Å². The SMILES string of the molecule is CNC(c1ccoc1)c1ccc2c(c1)C(=O)NCCO2. The number of nitrogens with one attached hydrogen (secondary N) is 2. The maximum atomic E-state index is 12.0. The Morgan fingerprint density at radius 2 is 2.20 bits per heavy atom. The van der Waals surface area contributed by atoms with Crippen LogP contribution in [0.1, 0.15) is 27.5 Å². The number of benzene rings is 1. The zero-order valence-electron chi connectivity index (χ0n) is 11.2. The molecular weight excluding hydrogens is 256 g/mol. The van der Waals surface area contributed by atoms with Crippen molar-refractivity contribution in [2.24, 2.45) is 0 Å². The summed E-state index contributed by atoms with van der Waals surface area (Å²) in [4.78, 5) is 12.0. The van der Waals surface area contributed by atoms with Gasteiger partial charge < -0.3 is 19.8 Å². The molecule has 20 heavy (non-hydrogen) atoms. The fraction of sp³-hybridized carbons (Fsp3) is 0.267. The molecule has 5 nitrogen and oxygen atoms in total. The van der Waals surface area contributed by atoms with E-state index in [1.807, 2.05) is 31.3 Å². The van der Waals surface area contributed by atoms with Gasteiger partial charge in [-0.15, -0.1) is 0 Å². The van der Waals surface area contributed by atoms with Gasteiger partial charge in [-0.2, -0.15) is 0 Å². The number of rotatable bonds is 3. The van der Waals surface area contributed by atoms with E-state index in [9.17, 15) is 4.79 Å². The molecule has 1 aromatic carbocycles. The average Bonchev–Trinajstić information content (AvgIpc) is 2.92. The lowest BCUT2D eigenvalue weighted by atomic mass is 9.98. The Hall–Kier alpha value is -2.27. The number of carbonyl (C=O) groups excluding carboxylic acids is 1. The molecule has 0 saturated carbocycles. The van der Waals surface area contributed by atoms with Gasteiger partial charge in [0.2, 0.25) is 0 Å². The molecule has 0 saturated heterocycles. The summed E-state index contributed by atoms with van der Waals surface area (Å²) < 4.78 is 10.7. The molecule has 104 valence electrons. The zero-order valence-corrected chi connectivity index (χ0v) is 11.2. The summed E-state index contributed by atoms with van der Waals surface area (Å²) in [5, 5.41) is 6.04.